The van der Waals surface area contributed by atoms with Crippen LogP contribution in [0, 0.1) is 5.82 Å². The summed E-state index contributed by atoms with van der Waals surface area (Å²) in [5, 5.41) is 3.94. The number of nitrogens with one attached hydrogen (secondary N) is 1. The van der Waals surface area contributed by atoms with Gasteiger partial charge in [-0.25, -0.2) is 4.39 Å². The van der Waals surface area contributed by atoms with Gasteiger partial charge in [0.25, 0.3) is 0 Å². The zero-order valence-corrected chi connectivity index (χ0v) is 16.7. The van der Waals surface area contributed by atoms with Gasteiger partial charge in [-0.1, -0.05) is 41.4 Å². The average molecular weight is 423 g/mol. The standard InChI is InChI=1S/C21H21Cl2FN2O2/c22-17-5-1-15(19(23)13-17)4-8-21(27)25-14-20(26-9-11-28-12-10-26)16-2-6-18(24)7-3-16/h1-8,13,20H,9-12,14H2,(H,25,27)/b8-4+. The van der Waals surface area contributed by atoms with Crippen molar-refractivity contribution in [1.29, 1.82) is 0 Å². The van der Waals surface area contributed by atoms with Crippen molar-refractivity contribution in [3.63, 3.8) is 0 Å². The lowest BCUT2D eigenvalue weighted by molar-refractivity contribution is -0.116. The Bertz CT molecular complexity index is 837. The van der Waals surface area contributed by atoms with Gasteiger partial charge < -0.3 is 10.1 Å². The van der Waals surface area contributed by atoms with Gasteiger partial charge in [0.15, 0.2) is 0 Å². The lowest BCUT2D eigenvalue weighted by atomic mass is 10.0. The van der Waals surface area contributed by atoms with Crippen LogP contribution in [0.1, 0.15) is 17.2 Å². The van der Waals surface area contributed by atoms with Crippen molar-refractivity contribution in [2.45, 2.75) is 6.04 Å². The minimum Gasteiger partial charge on any atom is -0.379 e. The number of amides is 1. The highest BCUT2D eigenvalue weighted by molar-refractivity contribution is 6.35. The first-order valence-electron chi connectivity index (χ1n) is 9.01. The van der Waals surface area contributed by atoms with Gasteiger partial charge in [0, 0.05) is 35.8 Å². The molecule has 0 aliphatic carbocycles. The molecule has 3 rings (SSSR count). The highest BCUT2D eigenvalue weighted by atomic mass is 35.5. The van der Waals surface area contributed by atoms with Crippen LogP contribution in [0.15, 0.2) is 48.5 Å². The van der Waals surface area contributed by atoms with Crippen molar-refractivity contribution >= 4 is 35.2 Å². The number of carbonyl (C=O) groups is 1. The van der Waals surface area contributed by atoms with Crippen LogP contribution in [0.4, 0.5) is 4.39 Å². The lowest BCUT2D eigenvalue weighted by Gasteiger charge is -2.34. The second-order valence-electron chi connectivity index (χ2n) is 6.46. The SMILES string of the molecule is O=C(/C=C/c1ccc(Cl)cc1Cl)NCC(c1ccc(F)cc1)N1CCOCC1. The van der Waals surface area contributed by atoms with E-state index in [2.05, 4.69) is 10.2 Å². The van der Waals surface area contributed by atoms with E-state index in [4.69, 9.17) is 27.9 Å². The van der Waals surface area contributed by atoms with Crippen molar-refractivity contribution in [2.75, 3.05) is 32.8 Å². The molecule has 1 aliphatic rings. The molecular formula is C21H21Cl2FN2O2. The Balaban J connectivity index is 1.65. The van der Waals surface area contributed by atoms with Crippen LogP contribution < -0.4 is 5.32 Å². The molecule has 0 aromatic heterocycles. The first-order chi connectivity index (χ1) is 13.5. The van der Waals surface area contributed by atoms with Crippen molar-refractivity contribution in [3.05, 3.63) is 75.5 Å². The highest BCUT2D eigenvalue weighted by Crippen LogP contribution is 2.23. The molecule has 1 N–H and O–H groups in total. The summed E-state index contributed by atoms with van der Waals surface area (Å²) in [4.78, 5) is 14.5. The summed E-state index contributed by atoms with van der Waals surface area (Å²) in [5.41, 5.74) is 1.66. The summed E-state index contributed by atoms with van der Waals surface area (Å²) in [6.07, 6.45) is 3.09. The van der Waals surface area contributed by atoms with Gasteiger partial charge in [-0.3, -0.25) is 9.69 Å². The van der Waals surface area contributed by atoms with Crippen LogP contribution in [-0.4, -0.2) is 43.7 Å². The van der Waals surface area contributed by atoms with Gasteiger partial charge in [0.1, 0.15) is 5.82 Å². The monoisotopic (exact) mass is 422 g/mol. The number of nitrogens with zero attached hydrogens (tertiary/aromatic N) is 1. The Kier molecular flexibility index (Phi) is 7.45. The summed E-state index contributed by atoms with van der Waals surface area (Å²) in [6, 6.07) is 11.4. The van der Waals surface area contributed by atoms with E-state index in [1.807, 2.05) is 0 Å². The van der Waals surface area contributed by atoms with E-state index in [9.17, 15) is 9.18 Å². The minimum atomic E-state index is -0.281. The second kappa shape index (κ2) is 10.0. The molecule has 4 nitrogen and oxygen atoms in total. The largest absolute Gasteiger partial charge is 0.379 e. The first kappa shape index (κ1) is 20.8. The van der Waals surface area contributed by atoms with Crippen molar-refractivity contribution in [2.24, 2.45) is 0 Å². The van der Waals surface area contributed by atoms with Gasteiger partial charge in [-0.2, -0.15) is 0 Å². The molecule has 2 aromatic rings. The van der Waals surface area contributed by atoms with Crippen LogP contribution >= 0.6 is 23.2 Å². The molecule has 1 unspecified atom stereocenters. The van der Waals surface area contributed by atoms with E-state index < -0.39 is 0 Å². The number of ether oxygens (including phenoxy) is 1. The smallest absolute Gasteiger partial charge is 0.244 e. The number of hydrogen-bond donors (Lipinski definition) is 1. The lowest BCUT2D eigenvalue weighted by Crippen LogP contribution is -2.43. The topological polar surface area (TPSA) is 41.6 Å². The minimum absolute atomic E-state index is 0.0547. The fourth-order valence-corrected chi connectivity index (χ4v) is 3.56. The third-order valence-electron chi connectivity index (χ3n) is 4.59. The zero-order chi connectivity index (χ0) is 19.9. The molecule has 1 fully saturated rings. The molecular weight excluding hydrogens is 402 g/mol. The molecule has 1 aliphatic heterocycles. The van der Waals surface area contributed by atoms with E-state index in [-0.39, 0.29) is 17.8 Å². The molecule has 148 valence electrons. The van der Waals surface area contributed by atoms with Crippen molar-refractivity contribution in [3.8, 4) is 0 Å². The summed E-state index contributed by atoms with van der Waals surface area (Å²) < 4.78 is 18.7. The summed E-state index contributed by atoms with van der Waals surface area (Å²) in [7, 11) is 0. The molecule has 1 saturated heterocycles. The van der Waals surface area contributed by atoms with E-state index in [1.165, 1.54) is 18.2 Å². The maximum atomic E-state index is 13.3. The highest BCUT2D eigenvalue weighted by Gasteiger charge is 2.23. The molecule has 7 heteroatoms. The molecule has 0 radical (unpaired) electrons. The summed E-state index contributed by atoms with van der Waals surface area (Å²) in [6.45, 7) is 3.20. The molecule has 28 heavy (non-hydrogen) atoms. The summed E-state index contributed by atoms with van der Waals surface area (Å²) in [5.74, 6) is -0.511. The van der Waals surface area contributed by atoms with Gasteiger partial charge >= 0.3 is 0 Å². The fourth-order valence-electron chi connectivity index (χ4n) is 3.09. The van der Waals surface area contributed by atoms with Gasteiger partial charge in [-0.05, 0) is 41.5 Å². The van der Waals surface area contributed by atoms with E-state index in [1.54, 1.807) is 36.4 Å². The molecule has 1 atom stereocenters. The van der Waals surface area contributed by atoms with Crippen LogP contribution in [0.25, 0.3) is 6.08 Å². The Labute approximate surface area is 173 Å². The predicted molar refractivity (Wildman–Crippen MR) is 110 cm³/mol. The van der Waals surface area contributed by atoms with Crippen LogP contribution in [-0.2, 0) is 9.53 Å². The molecule has 0 bridgehead atoms. The Hall–Kier alpha value is -1.92. The first-order valence-corrected chi connectivity index (χ1v) is 9.77. The Morgan fingerprint density at radius 3 is 2.57 bits per heavy atom. The summed E-state index contributed by atoms with van der Waals surface area (Å²) >= 11 is 12.0. The number of carbonyl (C=O) groups excluding carboxylic acids is 1. The van der Waals surface area contributed by atoms with Crippen LogP contribution in [0.5, 0.6) is 0 Å². The maximum absolute atomic E-state index is 13.3. The molecule has 1 heterocycles. The molecule has 1 amide bonds. The molecule has 2 aromatic carbocycles. The number of halogens is 3. The van der Waals surface area contributed by atoms with E-state index in [0.29, 0.717) is 35.4 Å². The van der Waals surface area contributed by atoms with Gasteiger partial charge in [-0.15, -0.1) is 0 Å². The predicted octanol–water partition coefficient (Wildman–Crippen LogP) is 4.34. The van der Waals surface area contributed by atoms with Crippen LogP contribution in [0.2, 0.25) is 10.0 Å². The number of benzene rings is 2. The van der Waals surface area contributed by atoms with Gasteiger partial charge in [0.05, 0.1) is 19.3 Å². The third kappa shape index (κ3) is 5.79. The number of hydrogen-bond acceptors (Lipinski definition) is 3. The van der Waals surface area contributed by atoms with Gasteiger partial charge in [0.2, 0.25) is 5.91 Å². The normalized spacial score (nSPS) is 16.2. The number of morpholine rings is 1. The molecule has 0 saturated carbocycles. The molecule has 0 spiro atoms. The quantitative estimate of drug-likeness (QED) is 0.704. The van der Waals surface area contributed by atoms with E-state index in [0.717, 1.165) is 18.7 Å². The Morgan fingerprint density at radius 1 is 1.18 bits per heavy atom. The number of rotatable bonds is 6. The van der Waals surface area contributed by atoms with Crippen molar-refractivity contribution < 1.29 is 13.9 Å². The van der Waals surface area contributed by atoms with Crippen LogP contribution in [0.3, 0.4) is 0 Å². The fraction of sp³-hybridized carbons (Fsp3) is 0.286. The second-order valence-corrected chi connectivity index (χ2v) is 7.30. The Morgan fingerprint density at radius 2 is 1.89 bits per heavy atom. The van der Waals surface area contributed by atoms with Crippen molar-refractivity contribution in [1.82, 2.24) is 10.2 Å². The average Bonchev–Trinajstić information content (AvgIpc) is 2.69. The third-order valence-corrected chi connectivity index (χ3v) is 5.15. The van der Waals surface area contributed by atoms with E-state index >= 15 is 0 Å². The zero-order valence-electron chi connectivity index (χ0n) is 15.2. The maximum Gasteiger partial charge on any atom is 0.244 e.